The molecule has 2 rings (SSSR count). The topological polar surface area (TPSA) is 59.6 Å². The van der Waals surface area contributed by atoms with E-state index < -0.39 is 0 Å². The Kier molecular flexibility index (Phi) is 6.36. The van der Waals surface area contributed by atoms with Crippen molar-refractivity contribution in [1.29, 1.82) is 0 Å². The number of rotatable bonds is 5. The van der Waals surface area contributed by atoms with Gasteiger partial charge >= 0.3 is 0 Å². The lowest BCUT2D eigenvalue weighted by Gasteiger charge is -2.12. The fourth-order valence-corrected chi connectivity index (χ4v) is 2.28. The Morgan fingerprint density at radius 1 is 1.45 bits per heavy atom. The van der Waals surface area contributed by atoms with Crippen LogP contribution in [0.4, 0.5) is 0 Å². The van der Waals surface area contributed by atoms with Gasteiger partial charge in [0.1, 0.15) is 5.75 Å². The van der Waals surface area contributed by atoms with E-state index in [1.54, 1.807) is 13.2 Å². The molecule has 1 aliphatic heterocycles. The van der Waals surface area contributed by atoms with Gasteiger partial charge < -0.3 is 14.8 Å². The van der Waals surface area contributed by atoms with Crippen molar-refractivity contribution in [1.82, 2.24) is 10.6 Å². The van der Waals surface area contributed by atoms with Crippen molar-refractivity contribution in [3.63, 3.8) is 0 Å². The smallest absolute Gasteiger partial charge is 0.250 e. The van der Waals surface area contributed by atoms with Crippen molar-refractivity contribution in [2.75, 3.05) is 20.3 Å². The Balaban J connectivity index is 1.73. The SMILES string of the molecule is COc1ccc(/C=C/C(=O)NC(=S)NCC2CCCO2)cc1. The van der Waals surface area contributed by atoms with Gasteiger partial charge in [-0.15, -0.1) is 0 Å². The lowest BCUT2D eigenvalue weighted by molar-refractivity contribution is -0.115. The highest BCUT2D eigenvalue weighted by molar-refractivity contribution is 7.80. The zero-order chi connectivity index (χ0) is 15.8. The van der Waals surface area contributed by atoms with Gasteiger partial charge in [0.05, 0.1) is 13.2 Å². The highest BCUT2D eigenvalue weighted by Gasteiger charge is 2.15. The fraction of sp³-hybridized carbons (Fsp3) is 0.375. The van der Waals surface area contributed by atoms with Crippen molar-refractivity contribution in [2.45, 2.75) is 18.9 Å². The molecular weight excluding hydrogens is 300 g/mol. The summed E-state index contributed by atoms with van der Waals surface area (Å²) in [7, 11) is 1.61. The summed E-state index contributed by atoms with van der Waals surface area (Å²) in [6, 6.07) is 7.42. The number of nitrogens with one attached hydrogen (secondary N) is 2. The molecule has 1 fully saturated rings. The Hall–Kier alpha value is -1.92. The Bertz CT molecular complexity index is 537. The van der Waals surface area contributed by atoms with Crippen molar-refractivity contribution in [2.24, 2.45) is 0 Å². The monoisotopic (exact) mass is 320 g/mol. The average molecular weight is 320 g/mol. The van der Waals surface area contributed by atoms with Gasteiger partial charge in [0.15, 0.2) is 5.11 Å². The van der Waals surface area contributed by atoms with E-state index in [1.807, 2.05) is 24.3 Å². The molecule has 0 saturated carbocycles. The van der Waals surface area contributed by atoms with Crippen LogP contribution < -0.4 is 15.4 Å². The van der Waals surface area contributed by atoms with Crippen LogP contribution in [0.3, 0.4) is 0 Å². The summed E-state index contributed by atoms with van der Waals surface area (Å²) < 4.78 is 10.6. The maximum absolute atomic E-state index is 11.8. The molecule has 1 aromatic rings. The van der Waals surface area contributed by atoms with E-state index in [2.05, 4.69) is 10.6 Å². The molecule has 118 valence electrons. The van der Waals surface area contributed by atoms with Crippen LogP contribution >= 0.6 is 12.2 Å². The van der Waals surface area contributed by atoms with Crippen LogP contribution in [0.15, 0.2) is 30.3 Å². The quantitative estimate of drug-likeness (QED) is 0.641. The van der Waals surface area contributed by atoms with Gasteiger partial charge in [-0.05, 0) is 48.8 Å². The van der Waals surface area contributed by atoms with Gasteiger partial charge in [-0.25, -0.2) is 0 Å². The molecule has 1 saturated heterocycles. The van der Waals surface area contributed by atoms with Crippen molar-refractivity contribution in [3.05, 3.63) is 35.9 Å². The van der Waals surface area contributed by atoms with Crippen LogP contribution in [0.5, 0.6) is 5.75 Å². The Morgan fingerprint density at radius 3 is 2.86 bits per heavy atom. The average Bonchev–Trinajstić information content (AvgIpc) is 3.05. The standard InChI is InChI=1S/C16H20N2O3S/c1-20-13-7-4-12(5-8-13)6-9-15(19)18-16(22)17-11-14-3-2-10-21-14/h4-9,14H,2-3,10-11H2,1H3,(H2,17,18,19,22)/b9-6+. The van der Waals surface area contributed by atoms with Crippen LogP contribution in [0.2, 0.25) is 0 Å². The molecule has 0 bridgehead atoms. The number of amides is 1. The normalized spacial score (nSPS) is 17.4. The number of carbonyl (C=O) groups excluding carboxylic acids is 1. The third kappa shape index (κ3) is 5.46. The largest absolute Gasteiger partial charge is 0.497 e. The molecule has 1 aliphatic rings. The molecule has 1 aromatic carbocycles. The maximum atomic E-state index is 11.8. The first-order valence-corrected chi connectivity index (χ1v) is 7.61. The van der Waals surface area contributed by atoms with E-state index in [0.29, 0.717) is 11.7 Å². The number of hydrogen-bond acceptors (Lipinski definition) is 4. The Labute approximate surface area is 135 Å². The summed E-state index contributed by atoms with van der Waals surface area (Å²) in [6.45, 7) is 1.43. The third-order valence-electron chi connectivity index (χ3n) is 3.29. The number of ether oxygens (including phenoxy) is 2. The van der Waals surface area contributed by atoms with E-state index in [9.17, 15) is 4.79 Å². The highest BCUT2D eigenvalue weighted by atomic mass is 32.1. The van der Waals surface area contributed by atoms with Crippen LogP contribution in [-0.4, -0.2) is 37.4 Å². The second-order valence-corrected chi connectivity index (χ2v) is 5.35. The predicted molar refractivity (Wildman–Crippen MR) is 89.7 cm³/mol. The van der Waals surface area contributed by atoms with E-state index in [4.69, 9.17) is 21.7 Å². The molecule has 1 unspecified atom stereocenters. The summed E-state index contributed by atoms with van der Waals surface area (Å²) in [5, 5.41) is 5.92. The zero-order valence-electron chi connectivity index (χ0n) is 12.5. The number of methoxy groups -OCH3 is 1. The molecule has 2 N–H and O–H groups in total. The number of thiocarbonyl (C=S) groups is 1. The summed E-state index contributed by atoms with van der Waals surface area (Å²) in [6.07, 6.45) is 5.46. The molecule has 0 radical (unpaired) electrons. The summed E-state index contributed by atoms with van der Waals surface area (Å²) in [4.78, 5) is 11.8. The van der Waals surface area contributed by atoms with Gasteiger partial charge in [-0.3, -0.25) is 10.1 Å². The molecule has 22 heavy (non-hydrogen) atoms. The predicted octanol–water partition coefficient (Wildman–Crippen LogP) is 1.88. The molecule has 1 heterocycles. The second kappa shape index (κ2) is 8.51. The number of carbonyl (C=O) groups is 1. The van der Waals surface area contributed by atoms with Crippen LogP contribution in [0, 0.1) is 0 Å². The van der Waals surface area contributed by atoms with Crippen molar-refractivity contribution < 1.29 is 14.3 Å². The van der Waals surface area contributed by atoms with E-state index in [0.717, 1.165) is 30.8 Å². The van der Waals surface area contributed by atoms with E-state index >= 15 is 0 Å². The molecule has 0 aliphatic carbocycles. The van der Waals surface area contributed by atoms with Gasteiger partial charge in [-0.1, -0.05) is 12.1 Å². The third-order valence-corrected chi connectivity index (χ3v) is 3.54. The zero-order valence-corrected chi connectivity index (χ0v) is 13.3. The molecule has 0 aromatic heterocycles. The summed E-state index contributed by atoms with van der Waals surface area (Å²) in [5.74, 6) is 0.516. The minimum absolute atomic E-state index is 0.185. The maximum Gasteiger partial charge on any atom is 0.250 e. The summed E-state index contributed by atoms with van der Waals surface area (Å²) in [5.41, 5.74) is 0.911. The molecule has 1 atom stereocenters. The minimum Gasteiger partial charge on any atom is -0.497 e. The van der Waals surface area contributed by atoms with Gasteiger partial charge in [0.25, 0.3) is 0 Å². The minimum atomic E-state index is -0.263. The lowest BCUT2D eigenvalue weighted by Crippen LogP contribution is -2.41. The molecular formula is C16H20N2O3S. The second-order valence-electron chi connectivity index (χ2n) is 4.94. The van der Waals surface area contributed by atoms with Gasteiger partial charge in [-0.2, -0.15) is 0 Å². The molecule has 5 nitrogen and oxygen atoms in total. The first-order valence-electron chi connectivity index (χ1n) is 7.20. The first kappa shape index (κ1) is 16.5. The first-order chi connectivity index (χ1) is 10.7. The van der Waals surface area contributed by atoms with Crippen molar-refractivity contribution >= 4 is 29.3 Å². The van der Waals surface area contributed by atoms with E-state index in [1.165, 1.54) is 6.08 Å². The number of hydrogen-bond donors (Lipinski definition) is 2. The lowest BCUT2D eigenvalue weighted by atomic mass is 10.2. The van der Waals surface area contributed by atoms with Crippen molar-refractivity contribution in [3.8, 4) is 5.75 Å². The fourth-order valence-electron chi connectivity index (χ4n) is 2.10. The molecule has 6 heteroatoms. The molecule has 0 spiro atoms. The van der Waals surface area contributed by atoms with Gasteiger partial charge in [0.2, 0.25) is 5.91 Å². The molecule has 1 amide bonds. The highest BCUT2D eigenvalue weighted by Crippen LogP contribution is 2.12. The van der Waals surface area contributed by atoms with Crippen LogP contribution in [-0.2, 0) is 9.53 Å². The Morgan fingerprint density at radius 2 is 2.23 bits per heavy atom. The van der Waals surface area contributed by atoms with E-state index in [-0.39, 0.29) is 12.0 Å². The summed E-state index contributed by atoms with van der Waals surface area (Å²) >= 11 is 5.08. The number of benzene rings is 1. The van der Waals surface area contributed by atoms with Gasteiger partial charge in [0, 0.05) is 19.2 Å². The van der Waals surface area contributed by atoms with Crippen LogP contribution in [0.1, 0.15) is 18.4 Å². The van der Waals surface area contributed by atoms with Crippen LogP contribution in [0.25, 0.3) is 6.08 Å².